The first-order valence-electron chi connectivity index (χ1n) is 7.80. The molecule has 1 aromatic rings. The van der Waals surface area contributed by atoms with Gasteiger partial charge in [-0.25, -0.2) is 0 Å². The predicted octanol–water partition coefficient (Wildman–Crippen LogP) is 2.36. The van der Waals surface area contributed by atoms with Gasteiger partial charge in [-0.05, 0) is 44.1 Å². The molecule has 0 bridgehead atoms. The summed E-state index contributed by atoms with van der Waals surface area (Å²) in [7, 11) is 0. The Balaban J connectivity index is 1.31. The van der Waals surface area contributed by atoms with Crippen molar-refractivity contribution >= 4 is 5.91 Å². The van der Waals surface area contributed by atoms with Gasteiger partial charge in [-0.1, -0.05) is 29.8 Å². The molecule has 2 N–H and O–H groups in total. The molecule has 2 fully saturated rings. The summed E-state index contributed by atoms with van der Waals surface area (Å²) < 4.78 is 0. The number of aryl methyl sites for hydroxylation is 1. The Bertz CT molecular complexity index is 476. The zero-order valence-electron chi connectivity index (χ0n) is 12.2. The van der Waals surface area contributed by atoms with Gasteiger partial charge in [0, 0.05) is 25.0 Å². The Labute approximate surface area is 121 Å². The van der Waals surface area contributed by atoms with Crippen LogP contribution in [0.15, 0.2) is 24.3 Å². The summed E-state index contributed by atoms with van der Waals surface area (Å²) in [6.07, 6.45) is 4.61. The maximum Gasteiger partial charge on any atom is 0.223 e. The van der Waals surface area contributed by atoms with Gasteiger partial charge in [-0.3, -0.25) is 4.79 Å². The van der Waals surface area contributed by atoms with Crippen molar-refractivity contribution in [1.82, 2.24) is 10.6 Å². The molecule has 3 heteroatoms. The Kier molecular flexibility index (Phi) is 4.06. The van der Waals surface area contributed by atoms with Crippen LogP contribution in [-0.2, 0) is 4.79 Å². The van der Waals surface area contributed by atoms with Gasteiger partial charge in [0.05, 0.1) is 0 Å². The number of hydrogen-bond donors (Lipinski definition) is 2. The summed E-state index contributed by atoms with van der Waals surface area (Å²) in [4.78, 5) is 11.5. The highest BCUT2D eigenvalue weighted by molar-refractivity contribution is 5.80. The average molecular weight is 272 g/mol. The zero-order valence-corrected chi connectivity index (χ0v) is 12.2. The molecule has 3 rings (SSSR count). The molecular formula is C17H24N2O. The van der Waals surface area contributed by atoms with E-state index in [1.807, 2.05) is 0 Å². The quantitative estimate of drug-likeness (QED) is 0.781. The maximum absolute atomic E-state index is 11.5. The minimum absolute atomic E-state index is 0.248. The van der Waals surface area contributed by atoms with Crippen molar-refractivity contribution in [2.75, 3.05) is 13.1 Å². The monoisotopic (exact) mass is 272 g/mol. The van der Waals surface area contributed by atoms with Gasteiger partial charge in [-0.2, -0.15) is 0 Å². The third kappa shape index (κ3) is 3.40. The van der Waals surface area contributed by atoms with Crippen LogP contribution >= 0.6 is 0 Å². The van der Waals surface area contributed by atoms with E-state index in [4.69, 9.17) is 0 Å². The molecule has 108 valence electrons. The van der Waals surface area contributed by atoms with Crippen molar-refractivity contribution in [3.8, 4) is 0 Å². The van der Waals surface area contributed by atoms with Crippen molar-refractivity contribution < 1.29 is 4.79 Å². The lowest BCUT2D eigenvalue weighted by atomic mass is 9.75. The fourth-order valence-electron chi connectivity index (χ4n) is 2.93. The molecule has 0 radical (unpaired) electrons. The summed E-state index contributed by atoms with van der Waals surface area (Å²) in [5.74, 6) is 1.29. The second kappa shape index (κ2) is 5.96. The largest absolute Gasteiger partial charge is 0.355 e. The number of benzene rings is 1. The second-order valence-corrected chi connectivity index (χ2v) is 6.30. The lowest BCUT2D eigenvalue weighted by molar-refractivity contribution is -0.122. The summed E-state index contributed by atoms with van der Waals surface area (Å²) in [6.45, 7) is 3.81. The van der Waals surface area contributed by atoms with Crippen molar-refractivity contribution in [3.63, 3.8) is 0 Å². The van der Waals surface area contributed by atoms with E-state index in [9.17, 15) is 4.79 Å². The maximum atomic E-state index is 11.5. The third-order valence-electron chi connectivity index (χ3n) is 4.46. The van der Waals surface area contributed by atoms with Crippen LogP contribution in [-0.4, -0.2) is 25.0 Å². The van der Waals surface area contributed by atoms with Gasteiger partial charge in [0.2, 0.25) is 5.91 Å². The van der Waals surface area contributed by atoms with Gasteiger partial charge in [0.1, 0.15) is 0 Å². The van der Waals surface area contributed by atoms with E-state index in [0.717, 1.165) is 25.9 Å². The van der Waals surface area contributed by atoms with Crippen molar-refractivity contribution in [2.45, 2.75) is 44.6 Å². The van der Waals surface area contributed by atoms with Crippen LogP contribution in [0, 0.1) is 12.8 Å². The van der Waals surface area contributed by atoms with Gasteiger partial charge >= 0.3 is 0 Å². The van der Waals surface area contributed by atoms with Crippen LogP contribution in [0.1, 0.15) is 42.7 Å². The number of carbonyl (C=O) groups is 1. The normalized spacial score (nSPS) is 25.1. The molecule has 1 amide bonds. The fraction of sp³-hybridized carbons (Fsp3) is 0.588. The summed E-state index contributed by atoms with van der Waals surface area (Å²) >= 11 is 0. The van der Waals surface area contributed by atoms with E-state index >= 15 is 0 Å². The van der Waals surface area contributed by atoms with E-state index in [-0.39, 0.29) is 5.91 Å². The molecule has 0 atom stereocenters. The number of rotatable bonds is 6. The highest BCUT2D eigenvalue weighted by Gasteiger charge is 2.30. The lowest BCUT2D eigenvalue weighted by Crippen LogP contribution is -2.43. The zero-order chi connectivity index (χ0) is 13.9. The number of carbonyl (C=O) groups excluding carboxylic acids is 1. The molecule has 2 saturated carbocycles. The Hall–Kier alpha value is -1.35. The Morgan fingerprint density at radius 2 is 2.05 bits per heavy atom. The van der Waals surface area contributed by atoms with Crippen molar-refractivity contribution in [2.24, 2.45) is 5.92 Å². The van der Waals surface area contributed by atoms with E-state index < -0.39 is 0 Å². The molecule has 0 heterocycles. The smallest absolute Gasteiger partial charge is 0.223 e. The topological polar surface area (TPSA) is 41.1 Å². The number of hydrogen-bond acceptors (Lipinski definition) is 2. The minimum Gasteiger partial charge on any atom is -0.355 e. The molecule has 0 spiro atoms. The highest BCUT2D eigenvalue weighted by Crippen LogP contribution is 2.36. The predicted molar refractivity (Wildman–Crippen MR) is 80.7 cm³/mol. The van der Waals surface area contributed by atoms with E-state index in [2.05, 4.69) is 41.8 Å². The lowest BCUT2D eigenvalue weighted by Gasteiger charge is -2.36. The number of nitrogens with one attached hydrogen (secondary N) is 2. The van der Waals surface area contributed by atoms with Crippen LogP contribution in [0.3, 0.4) is 0 Å². The fourth-order valence-corrected chi connectivity index (χ4v) is 2.93. The molecule has 0 aliphatic heterocycles. The van der Waals surface area contributed by atoms with E-state index in [1.54, 1.807) is 0 Å². The van der Waals surface area contributed by atoms with Crippen LogP contribution in [0.5, 0.6) is 0 Å². The SMILES string of the molecule is Cc1cccc(C2CC(NCCNC(=O)C3CC3)C2)c1. The molecule has 0 unspecified atom stereocenters. The van der Waals surface area contributed by atoms with Gasteiger partial charge in [0.25, 0.3) is 0 Å². The van der Waals surface area contributed by atoms with Crippen LogP contribution in [0.4, 0.5) is 0 Å². The van der Waals surface area contributed by atoms with Crippen molar-refractivity contribution in [3.05, 3.63) is 35.4 Å². The van der Waals surface area contributed by atoms with Gasteiger partial charge in [-0.15, -0.1) is 0 Å². The van der Waals surface area contributed by atoms with Crippen LogP contribution in [0.25, 0.3) is 0 Å². The molecule has 20 heavy (non-hydrogen) atoms. The van der Waals surface area contributed by atoms with Crippen LogP contribution < -0.4 is 10.6 Å². The first-order chi connectivity index (χ1) is 9.72. The standard InChI is InChI=1S/C17H24N2O/c1-12-3-2-4-14(9-12)15-10-16(11-15)18-7-8-19-17(20)13-5-6-13/h2-4,9,13,15-16,18H,5-8,10-11H2,1H3,(H,19,20). The summed E-state index contributed by atoms with van der Waals surface area (Å²) in [5.41, 5.74) is 2.83. The van der Waals surface area contributed by atoms with Gasteiger partial charge in [0.15, 0.2) is 0 Å². The Morgan fingerprint density at radius 3 is 2.75 bits per heavy atom. The second-order valence-electron chi connectivity index (χ2n) is 6.30. The van der Waals surface area contributed by atoms with Crippen molar-refractivity contribution in [1.29, 1.82) is 0 Å². The van der Waals surface area contributed by atoms with Crippen LogP contribution in [0.2, 0.25) is 0 Å². The van der Waals surface area contributed by atoms with Gasteiger partial charge < -0.3 is 10.6 Å². The first-order valence-corrected chi connectivity index (χ1v) is 7.80. The Morgan fingerprint density at radius 1 is 1.25 bits per heavy atom. The average Bonchev–Trinajstić information content (AvgIpc) is 3.20. The molecule has 3 nitrogen and oxygen atoms in total. The molecule has 2 aliphatic rings. The molecule has 0 saturated heterocycles. The first kappa shape index (κ1) is 13.6. The molecule has 1 aromatic carbocycles. The summed E-state index contributed by atoms with van der Waals surface area (Å²) in [5, 5.41) is 6.53. The molecular weight excluding hydrogens is 248 g/mol. The highest BCUT2D eigenvalue weighted by atomic mass is 16.2. The molecule has 2 aliphatic carbocycles. The number of amides is 1. The van der Waals surface area contributed by atoms with E-state index in [0.29, 0.717) is 17.9 Å². The minimum atomic E-state index is 0.248. The summed E-state index contributed by atoms with van der Waals surface area (Å²) in [6, 6.07) is 9.47. The third-order valence-corrected chi connectivity index (χ3v) is 4.46. The molecule has 0 aromatic heterocycles. The van der Waals surface area contributed by atoms with E-state index in [1.165, 1.54) is 24.0 Å².